The van der Waals surface area contributed by atoms with Gasteiger partial charge in [0.1, 0.15) is 25.6 Å². The Morgan fingerprint density at radius 3 is 2.18 bits per heavy atom. The van der Waals surface area contributed by atoms with E-state index in [0.29, 0.717) is 18.0 Å². The molecule has 1 aliphatic heterocycles. The molecule has 4 amide bonds. The summed E-state index contributed by atoms with van der Waals surface area (Å²) >= 11 is 0. The molecule has 4 N–H and O–H groups in total. The highest BCUT2D eigenvalue weighted by molar-refractivity contribution is 5.96. The minimum Gasteiger partial charge on any atom is -0.445 e. The number of nitrogens with one attached hydrogen (secondary N) is 2. The Morgan fingerprint density at radius 1 is 0.855 bits per heavy atom. The summed E-state index contributed by atoms with van der Waals surface area (Å²) in [6.45, 7) is 5.76. The van der Waals surface area contributed by atoms with Crippen LogP contribution in [0.2, 0.25) is 0 Å². The van der Waals surface area contributed by atoms with E-state index >= 15 is 0 Å². The number of nitrogens with zero attached hydrogens (tertiary/aromatic N) is 3. The van der Waals surface area contributed by atoms with Crippen molar-refractivity contribution in [1.82, 2.24) is 20.7 Å². The van der Waals surface area contributed by atoms with Gasteiger partial charge in [0.05, 0.1) is 18.3 Å². The van der Waals surface area contributed by atoms with Crippen LogP contribution in [0.4, 0.5) is 10.5 Å². The summed E-state index contributed by atoms with van der Waals surface area (Å²) in [5.41, 5.74) is 11.6. The van der Waals surface area contributed by atoms with Crippen molar-refractivity contribution in [1.29, 1.82) is 0 Å². The molecule has 0 aromatic heterocycles. The van der Waals surface area contributed by atoms with Gasteiger partial charge < -0.3 is 25.5 Å². The summed E-state index contributed by atoms with van der Waals surface area (Å²) in [5, 5.41) is 5.83. The first-order valence-electron chi connectivity index (χ1n) is 18.6. The van der Waals surface area contributed by atoms with Gasteiger partial charge in [0.15, 0.2) is 0 Å². The maximum absolute atomic E-state index is 14.8. The Labute approximate surface area is 322 Å². The SMILES string of the molecule is CC(C)CC[C@H](C=O)CC(=O)NN(Cc1ccccc1)C(=O)[C@@H](CC1=CN(C(=O)[C@H](C)N)CN1c1cccc2ccccc12)NC(=O)OCc1ccccc1. The van der Waals surface area contributed by atoms with E-state index in [-0.39, 0.29) is 38.6 Å². The number of nitrogens with two attached hydrogens (primary N) is 1. The Hall–Kier alpha value is -6.01. The summed E-state index contributed by atoms with van der Waals surface area (Å²) in [5.74, 6) is -1.63. The van der Waals surface area contributed by atoms with Crippen LogP contribution in [0.5, 0.6) is 0 Å². The second-order valence-corrected chi connectivity index (χ2v) is 14.3. The molecule has 4 aromatic rings. The van der Waals surface area contributed by atoms with Gasteiger partial charge in [-0.05, 0) is 41.8 Å². The van der Waals surface area contributed by atoms with Crippen LogP contribution in [0.15, 0.2) is 115 Å². The number of carbonyl (C=O) groups excluding carboxylic acids is 5. The summed E-state index contributed by atoms with van der Waals surface area (Å²) in [6.07, 6.45) is 2.69. The first kappa shape index (κ1) is 40.2. The number of aldehydes is 1. The van der Waals surface area contributed by atoms with Crippen LogP contribution in [-0.4, -0.2) is 58.8 Å². The van der Waals surface area contributed by atoms with Gasteiger partial charge in [-0.2, -0.15) is 0 Å². The fourth-order valence-corrected chi connectivity index (χ4v) is 6.41. The van der Waals surface area contributed by atoms with Crippen molar-refractivity contribution in [2.24, 2.45) is 17.6 Å². The summed E-state index contributed by atoms with van der Waals surface area (Å²) in [4.78, 5) is 70.3. The topological polar surface area (TPSA) is 154 Å². The lowest BCUT2D eigenvalue weighted by molar-refractivity contribution is -0.144. The zero-order chi connectivity index (χ0) is 39.3. The van der Waals surface area contributed by atoms with E-state index in [4.69, 9.17) is 10.5 Å². The average molecular weight is 747 g/mol. The molecule has 0 unspecified atom stereocenters. The van der Waals surface area contributed by atoms with E-state index in [1.54, 1.807) is 13.1 Å². The first-order chi connectivity index (χ1) is 26.5. The minimum absolute atomic E-state index is 0.0260. The van der Waals surface area contributed by atoms with E-state index in [2.05, 4.69) is 10.7 Å². The van der Waals surface area contributed by atoms with Gasteiger partial charge >= 0.3 is 6.09 Å². The largest absolute Gasteiger partial charge is 0.445 e. The predicted octanol–water partition coefficient (Wildman–Crippen LogP) is 6.02. The zero-order valence-corrected chi connectivity index (χ0v) is 31.6. The monoisotopic (exact) mass is 746 g/mol. The number of carbonyl (C=O) groups is 5. The number of anilines is 1. The number of fused-ring (bicyclic) bond motifs is 1. The van der Waals surface area contributed by atoms with Crippen LogP contribution >= 0.6 is 0 Å². The number of hydrogen-bond donors (Lipinski definition) is 3. The minimum atomic E-state index is -1.27. The molecule has 3 atom stereocenters. The molecule has 12 heteroatoms. The number of ether oxygens (including phenoxy) is 1. The van der Waals surface area contributed by atoms with Crippen LogP contribution in [0, 0.1) is 11.8 Å². The van der Waals surface area contributed by atoms with Gasteiger partial charge in [0.2, 0.25) is 11.8 Å². The smallest absolute Gasteiger partial charge is 0.408 e. The predicted molar refractivity (Wildman–Crippen MR) is 211 cm³/mol. The zero-order valence-electron chi connectivity index (χ0n) is 31.6. The first-order valence-corrected chi connectivity index (χ1v) is 18.6. The van der Waals surface area contributed by atoms with E-state index in [0.717, 1.165) is 40.3 Å². The van der Waals surface area contributed by atoms with Gasteiger partial charge in [-0.3, -0.25) is 24.7 Å². The lowest BCUT2D eigenvalue weighted by Crippen LogP contribution is -2.55. The molecule has 1 heterocycles. The van der Waals surface area contributed by atoms with Gasteiger partial charge in [-0.15, -0.1) is 0 Å². The maximum Gasteiger partial charge on any atom is 0.408 e. The van der Waals surface area contributed by atoms with Crippen LogP contribution in [0.1, 0.15) is 57.6 Å². The van der Waals surface area contributed by atoms with Crippen molar-refractivity contribution >= 4 is 46.6 Å². The van der Waals surface area contributed by atoms with Crippen LogP contribution < -0.4 is 21.4 Å². The summed E-state index contributed by atoms with van der Waals surface area (Å²) in [7, 11) is 0. The van der Waals surface area contributed by atoms with E-state index < -0.39 is 35.9 Å². The van der Waals surface area contributed by atoms with Gasteiger partial charge in [-0.25, -0.2) is 9.80 Å². The average Bonchev–Trinajstić information content (AvgIpc) is 3.61. The second kappa shape index (κ2) is 19.4. The van der Waals surface area contributed by atoms with Crippen molar-refractivity contribution in [2.45, 2.75) is 71.7 Å². The third-order valence-electron chi connectivity index (χ3n) is 9.36. The third-order valence-corrected chi connectivity index (χ3v) is 9.36. The molecule has 0 bridgehead atoms. The highest BCUT2D eigenvalue weighted by Crippen LogP contribution is 2.34. The third kappa shape index (κ3) is 11.2. The number of hydrogen-bond acceptors (Lipinski definition) is 8. The molecule has 4 aromatic carbocycles. The van der Waals surface area contributed by atoms with Crippen molar-refractivity contribution in [3.8, 4) is 0 Å². The Morgan fingerprint density at radius 2 is 1.51 bits per heavy atom. The second-order valence-electron chi connectivity index (χ2n) is 14.3. The molecule has 0 aliphatic carbocycles. The molecule has 0 saturated heterocycles. The Balaban J connectivity index is 1.49. The molecular formula is C43H50N6O6. The van der Waals surface area contributed by atoms with Crippen LogP contribution in [0.25, 0.3) is 10.8 Å². The van der Waals surface area contributed by atoms with Crippen molar-refractivity contribution < 1.29 is 28.7 Å². The highest BCUT2D eigenvalue weighted by atomic mass is 16.5. The molecule has 288 valence electrons. The normalized spacial score (nSPS) is 14.2. The number of alkyl carbamates (subject to hydrolysis) is 1. The summed E-state index contributed by atoms with van der Waals surface area (Å²) < 4.78 is 5.56. The highest BCUT2D eigenvalue weighted by Gasteiger charge is 2.35. The number of amides is 4. The molecule has 0 saturated carbocycles. The van der Waals surface area contributed by atoms with E-state index in [1.165, 1.54) is 9.91 Å². The molecule has 0 fully saturated rings. The molecule has 5 rings (SSSR count). The van der Waals surface area contributed by atoms with E-state index in [9.17, 15) is 24.0 Å². The molecule has 55 heavy (non-hydrogen) atoms. The molecule has 1 aliphatic rings. The van der Waals surface area contributed by atoms with Gasteiger partial charge in [0, 0.05) is 36.0 Å². The standard InChI is InChI=1S/C43H50N6O6/c1-30(2)21-22-34(27-50)23-40(51)46-49(25-32-13-6-4-7-14-32)42(53)38(45-43(54)55-28-33-15-8-5-9-16-33)24-36-26-47(41(52)31(3)44)29-48(36)39-20-12-18-35-17-10-11-19-37(35)39/h4-20,26-27,30-31,34,38H,21-25,28-29,44H2,1-3H3,(H,45,54)(H,46,51)/t31-,34-,38+/m0/s1. The maximum atomic E-state index is 14.8. The molecular weight excluding hydrogens is 697 g/mol. The van der Waals surface area contributed by atoms with Gasteiger partial charge in [0.25, 0.3) is 5.91 Å². The van der Waals surface area contributed by atoms with Crippen molar-refractivity contribution in [2.75, 3.05) is 11.6 Å². The Bertz CT molecular complexity index is 1960. The Kier molecular flexibility index (Phi) is 14.1. The summed E-state index contributed by atoms with van der Waals surface area (Å²) in [6, 6.07) is 29.9. The van der Waals surface area contributed by atoms with Crippen molar-refractivity contribution in [3.63, 3.8) is 0 Å². The molecule has 0 radical (unpaired) electrons. The molecule has 12 nitrogen and oxygen atoms in total. The fraction of sp³-hybridized carbons (Fsp3) is 0.326. The number of benzene rings is 4. The van der Waals surface area contributed by atoms with Crippen molar-refractivity contribution in [3.05, 3.63) is 126 Å². The fourth-order valence-electron chi connectivity index (χ4n) is 6.41. The van der Waals surface area contributed by atoms with Crippen LogP contribution in [-0.2, 0) is 37.1 Å². The number of hydrazine groups is 1. The quantitative estimate of drug-likeness (QED) is 0.0930. The lowest BCUT2D eigenvalue weighted by Gasteiger charge is -2.31. The van der Waals surface area contributed by atoms with Crippen LogP contribution in [0.3, 0.4) is 0 Å². The molecule has 0 spiro atoms. The number of rotatable bonds is 16. The lowest BCUT2D eigenvalue weighted by atomic mass is 9.96. The van der Waals surface area contributed by atoms with Gasteiger partial charge in [-0.1, -0.05) is 117 Å². The van der Waals surface area contributed by atoms with E-state index in [1.807, 2.05) is 122 Å².